The van der Waals surface area contributed by atoms with Gasteiger partial charge in [0.1, 0.15) is 0 Å². The molecule has 0 N–H and O–H groups in total. The van der Waals surface area contributed by atoms with Crippen LogP contribution in [0.5, 0.6) is 0 Å². The molecule has 0 nitrogen and oxygen atoms in total. The van der Waals surface area contributed by atoms with Crippen molar-refractivity contribution in [3.63, 3.8) is 0 Å². The zero-order valence-electron chi connectivity index (χ0n) is 7.17. The van der Waals surface area contributed by atoms with Gasteiger partial charge in [0.2, 0.25) is 0 Å². The predicted octanol–water partition coefficient (Wildman–Crippen LogP) is 4.39. The number of benzene rings is 1. The lowest BCUT2D eigenvalue weighted by atomic mass is 10.2. The Morgan fingerprint density at radius 3 is 2.85 bits per heavy atom. The lowest BCUT2D eigenvalue weighted by Crippen LogP contribution is -1.72. The van der Waals surface area contributed by atoms with Gasteiger partial charge in [-0.05, 0) is 36.1 Å². The van der Waals surface area contributed by atoms with Crippen molar-refractivity contribution in [1.82, 2.24) is 0 Å². The summed E-state index contributed by atoms with van der Waals surface area (Å²) in [6.45, 7) is 2.14. The Morgan fingerprint density at radius 2 is 2.15 bits per heavy atom. The average Bonchev–Trinajstić information content (AvgIpc) is 2.47. The first-order chi connectivity index (χ1) is 6.20. The van der Waals surface area contributed by atoms with E-state index in [1.807, 2.05) is 11.3 Å². The smallest absolute Gasteiger partial charge is 0.0377 e. The monoisotopic (exact) mass is 272 g/mol. The molecule has 0 atom stereocenters. The Morgan fingerprint density at radius 1 is 1.38 bits per heavy atom. The summed E-state index contributed by atoms with van der Waals surface area (Å²) in [6.07, 6.45) is 0. The van der Waals surface area contributed by atoms with Crippen LogP contribution in [0.4, 0.5) is 0 Å². The molecule has 0 spiro atoms. The van der Waals surface area contributed by atoms with E-state index in [1.165, 1.54) is 20.5 Å². The van der Waals surface area contributed by atoms with Gasteiger partial charge in [0.25, 0.3) is 0 Å². The molecular formula is C10H9BrS2. The van der Waals surface area contributed by atoms with Crippen molar-refractivity contribution in [2.24, 2.45) is 0 Å². The molecule has 1 aromatic carbocycles. The molecule has 0 saturated heterocycles. The minimum Gasteiger partial charge on any atom is -0.143 e. The van der Waals surface area contributed by atoms with Crippen LogP contribution in [0.2, 0.25) is 0 Å². The Labute approximate surface area is 95.5 Å². The maximum absolute atomic E-state index is 4.36. The van der Waals surface area contributed by atoms with E-state index in [9.17, 15) is 0 Å². The van der Waals surface area contributed by atoms with Gasteiger partial charge in [-0.15, -0.1) is 24.0 Å². The molecule has 68 valence electrons. The second-order valence-corrected chi connectivity index (χ2v) is 5.24. The van der Waals surface area contributed by atoms with Crippen LogP contribution in [-0.2, 0) is 5.33 Å². The number of aryl methyl sites for hydroxylation is 1. The largest absolute Gasteiger partial charge is 0.143 e. The van der Waals surface area contributed by atoms with Gasteiger partial charge in [-0.3, -0.25) is 0 Å². The lowest BCUT2D eigenvalue weighted by molar-refractivity contribution is 1.44. The average molecular weight is 273 g/mol. The van der Waals surface area contributed by atoms with E-state index in [0.717, 1.165) is 10.2 Å². The highest BCUT2D eigenvalue weighted by Crippen LogP contribution is 2.31. The van der Waals surface area contributed by atoms with Gasteiger partial charge in [0.05, 0.1) is 0 Å². The standard InChI is InChI=1S/C10H9BrS2/c1-6-2-8(12)3-7-4-9(5-11)13-10(6)7/h2-4,12H,5H2,1H3. The van der Waals surface area contributed by atoms with Gasteiger partial charge >= 0.3 is 0 Å². The topological polar surface area (TPSA) is 0 Å². The number of fused-ring (bicyclic) bond motifs is 1. The van der Waals surface area contributed by atoms with Crippen molar-refractivity contribution in [3.05, 3.63) is 28.6 Å². The zero-order chi connectivity index (χ0) is 9.42. The van der Waals surface area contributed by atoms with Crippen LogP contribution in [0, 0.1) is 6.92 Å². The third kappa shape index (κ3) is 1.78. The number of thiol groups is 1. The van der Waals surface area contributed by atoms with Gasteiger partial charge in [-0.1, -0.05) is 15.9 Å². The first-order valence-corrected chi connectivity index (χ1v) is 6.37. The summed E-state index contributed by atoms with van der Waals surface area (Å²) >= 11 is 9.68. The lowest BCUT2D eigenvalue weighted by Gasteiger charge is -1.96. The van der Waals surface area contributed by atoms with E-state index in [4.69, 9.17) is 0 Å². The van der Waals surface area contributed by atoms with Gasteiger partial charge in [0.15, 0.2) is 0 Å². The van der Waals surface area contributed by atoms with Crippen molar-refractivity contribution in [2.75, 3.05) is 0 Å². The minimum absolute atomic E-state index is 0.938. The molecule has 1 heterocycles. The van der Waals surface area contributed by atoms with Crippen LogP contribution in [0.3, 0.4) is 0 Å². The molecule has 2 aromatic rings. The molecule has 2 rings (SSSR count). The van der Waals surface area contributed by atoms with E-state index in [1.54, 1.807) is 0 Å². The van der Waals surface area contributed by atoms with Crippen LogP contribution in [0.25, 0.3) is 10.1 Å². The molecular weight excluding hydrogens is 264 g/mol. The van der Waals surface area contributed by atoms with E-state index < -0.39 is 0 Å². The molecule has 0 saturated carbocycles. The normalized spacial score (nSPS) is 11.0. The summed E-state index contributed by atoms with van der Waals surface area (Å²) in [5.74, 6) is 0. The molecule has 0 amide bonds. The highest BCUT2D eigenvalue weighted by molar-refractivity contribution is 9.08. The minimum atomic E-state index is 0.938. The fourth-order valence-corrected chi connectivity index (χ4v) is 3.22. The third-order valence-corrected chi connectivity index (χ3v) is 4.49. The van der Waals surface area contributed by atoms with E-state index in [0.29, 0.717) is 0 Å². The highest BCUT2D eigenvalue weighted by Gasteiger charge is 2.03. The summed E-state index contributed by atoms with van der Waals surface area (Å²) in [7, 11) is 0. The van der Waals surface area contributed by atoms with Crippen LogP contribution in [-0.4, -0.2) is 0 Å². The molecule has 0 aliphatic rings. The summed E-state index contributed by atoms with van der Waals surface area (Å²) < 4.78 is 1.38. The van der Waals surface area contributed by atoms with Crippen molar-refractivity contribution in [3.8, 4) is 0 Å². The highest BCUT2D eigenvalue weighted by atomic mass is 79.9. The number of rotatable bonds is 1. The van der Waals surface area contributed by atoms with E-state index in [-0.39, 0.29) is 0 Å². The fraction of sp³-hybridized carbons (Fsp3) is 0.200. The van der Waals surface area contributed by atoms with E-state index in [2.05, 4.69) is 53.7 Å². The molecule has 0 aliphatic heterocycles. The van der Waals surface area contributed by atoms with E-state index >= 15 is 0 Å². The second kappa shape index (κ2) is 3.64. The molecule has 0 fully saturated rings. The number of hydrogen-bond donors (Lipinski definition) is 1. The fourth-order valence-electron chi connectivity index (χ4n) is 1.43. The maximum Gasteiger partial charge on any atom is 0.0377 e. The SMILES string of the molecule is Cc1cc(S)cc2cc(CBr)sc12. The van der Waals surface area contributed by atoms with Crippen LogP contribution in [0.1, 0.15) is 10.4 Å². The summed E-state index contributed by atoms with van der Waals surface area (Å²) in [6, 6.07) is 6.45. The molecule has 0 unspecified atom stereocenters. The third-order valence-electron chi connectivity index (χ3n) is 1.97. The quantitative estimate of drug-likeness (QED) is 0.578. The van der Waals surface area contributed by atoms with Crippen molar-refractivity contribution in [2.45, 2.75) is 17.1 Å². The Balaban J connectivity index is 2.75. The summed E-state index contributed by atoms with van der Waals surface area (Å²) in [4.78, 5) is 2.42. The summed E-state index contributed by atoms with van der Waals surface area (Å²) in [5, 5.41) is 2.25. The van der Waals surface area contributed by atoms with Crippen LogP contribution >= 0.6 is 39.9 Å². The second-order valence-electron chi connectivity index (χ2n) is 3.03. The molecule has 3 heteroatoms. The molecule has 0 radical (unpaired) electrons. The molecule has 0 aliphatic carbocycles. The predicted molar refractivity (Wildman–Crippen MR) is 66.4 cm³/mol. The van der Waals surface area contributed by atoms with Gasteiger partial charge in [-0.25, -0.2) is 0 Å². The Hall–Kier alpha value is 0.01000. The van der Waals surface area contributed by atoms with Gasteiger partial charge in [0, 0.05) is 19.8 Å². The van der Waals surface area contributed by atoms with Crippen molar-refractivity contribution in [1.29, 1.82) is 0 Å². The molecule has 0 bridgehead atoms. The Bertz CT molecular complexity index is 445. The number of halogens is 1. The summed E-state index contributed by atoms with van der Waals surface area (Å²) in [5.41, 5.74) is 1.32. The zero-order valence-corrected chi connectivity index (χ0v) is 10.5. The first kappa shape index (κ1) is 9.56. The van der Waals surface area contributed by atoms with Gasteiger partial charge < -0.3 is 0 Å². The van der Waals surface area contributed by atoms with Crippen molar-refractivity contribution >= 4 is 50.0 Å². The first-order valence-electron chi connectivity index (χ1n) is 3.98. The van der Waals surface area contributed by atoms with Crippen molar-refractivity contribution < 1.29 is 0 Å². The van der Waals surface area contributed by atoms with Gasteiger partial charge in [-0.2, -0.15) is 0 Å². The Kier molecular flexibility index (Phi) is 2.67. The molecule has 13 heavy (non-hydrogen) atoms. The molecule has 1 aromatic heterocycles. The number of hydrogen-bond acceptors (Lipinski definition) is 2. The van der Waals surface area contributed by atoms with Crippen LogP contribution in [0.15, 0.2) is 23.1 Å². The van der Waals surface area contributed by atoms with Crippen LogP contribution < -0.4 is 0 Å². The maximum atomic E-state index is 4.36. The number of thiophene rings is 1. The number of alkyl halides is 1.